The molecule has 8 heteroatoms. The van der Waals surface area contributed by atoms with Gasteiger partial charge in [0.05, 0.1) is 18.5 Å². The van der Waals surface area contributed by atoms with Crippen molar-refractivity contribution >= 4 is 39.0 Å². The number of benzene rings is 2. The largest absolute Gasteiger partial charge is 0.350 e. The normalized spacial score (nSPS) is 11.0. The highest BCUT2D eigenvalue weighted by molar-refractivity contribution is 7.92. The average Bonchev–Trinajstić information content (AvgIpc) is 2.57. The number of nitrogens with one attached hydrogen (secondary N) is 1. The number of Topliss-reactive ketones (excluding diaryl/α,β-unsaturated/α-hetero) is 1. The van der Waals surface area contributed by atoms with E-state index in [2.05, 4.69) is 5.32 Å². The number of sulfonamides is 1. The van der Waals surface area contributed by atoms with Crippen molar-refractivity contribution in [3.05, 3.63) is 64.7 Å². The van der Waals surface area contributed by atoms with Gasteiger partial charge >= 0.3 is 0 Å². The van der Waals surface area contributed by atoms with Crippen LogP contribution in [0.25, 0.3) is 0 Å². The number of anilines is 1. The number of hydrogen-bond donors (Lipinski definition) is 1. The third-order valence-corrected chi connectivity index (χ3v) is 5.06. The summed E-state index contributed by atoms with van der Waals surface area (Å²) in [7, 11) is -3.58. The zero-order valence-corrected chi connectivity index (χ0v) is 16.0. The fraction of sp³-hybridized carbons (Fsp3) is 0.222. The molecule has 0 heterocycles. The second kappa shape index (κ2) is 8.33. The lowest BCUT2D eigenvalue weighted by atomic mass is 10.1. The van der Waals surface area contributed by atoms with Gasteiger partial charge in [0.15, 0.2) is 5.78 Å². The third kappa shape index (κ3) is 5.31. The minimum Gasteiger partial charge on any atom is -0.350 e. The van der Waals surface area contributed by atoms with Crippen LogP contribution < -0.4 is 9.62 Å². The summed E-state index contributed by atoms with van der Waals surface area (Å²) < 4.78 is 25.4. The molecule has 0 radical (unpaired) electrons. The lowest BCUT2D eigenvalue weighted by molar-refractivity contribution is 0.0954. The Morgan fingerprint density at radius 3 is 2.35 bits per heavy atom. The molecule has 0 atom stereocenters. The smallest absolute Gasteiger partial charge is 0.251 e. The molecule has 2 rings (SSSR count). The first kappa shape index (κ1) is 19.9. The van der Waals surface area contributed by atoms with Crippen molar-refractivity contribution in [3.63, 3.8) is 0 Å². The summed E-state index contributed by atoms with van der Waals surface area (Å²) in [6.45, 7) is 1.55. The molecule has 2 aromatic rings. The van der Waals surface area contributed by atoms with E-state index in [1.807, 2.05) is 0 Å². The maximum absolute atomic E-state index is 12.1. The summed E-state index contributed by atoms with van der Waals surface area (Å²) >= 11 is 5.86. The van der Waals surface area contributed by atoms with Crippen LogP contribution in [0.1, 0.15) is 27.6 Å². The summed E-state index contributed by atoms with van der Waals surface area (Å²) in [6, 6.07) is 12.8. The highest BCUT2D eigenvalue weighted by Crippen LogP contribution is 2.19. The number of hydrogen-bond acceptors (Lipinski definition) is 4. The molecule has 6 nitrogen and oxygen atoms in total. The van der Waals surface area contributed by atoms with Crippen molar-refractivity contribution < 1.29 is 18.0 Å². The van der Waals surface area contributed by atoms with Crippen molar-refractivity contribution in [1.82, 2.24) is 5.32 Å². The molecule has 1 amide bonds. The summed E-state index contributed by atoms with van der Waals surface area (Å²) in [5, 5.41) is 3.11. The van der Waals surface area contributed by atoms with E-state index in [0.717, 1.165) is 10.6 Å². The Kier molecular flexibility index (Phi) is 6.39. The highest BCUT2D eigenvalue weighted by atomic mass is 35.5. The molecule has 0 fully saturated rings. The Balaban J connectivity index is 2.11. The van der Waals surface area contributed by atoms with Gasteiger partial charge in [-0.05, 0) is 37.3 Å². The Labute approximate surface area is 157 Å². The summed E-state index contributed by atoms with van der Waals surface area (Å²) in [5.74, 6) is -0.506. The van der Waals surface area contributed by atoms with Gasteiger partial charge < -0.3 is 5.32 Å². The Morgan fingerprint density at radius 1 is 1.08 bits per heavy atom. The monoisotopic (exact) mass is 394 g/mol. The van der Waals surface area contributed by atoms with Crippen LogP contribution in [-0.4, -0.2) is 39.5 Å². The van der Waals surface area contributed by atoms with Crippen LogP contribution in [0.15, 0.2) is 48.5 Å². The quantitative estimate of drug-likeness (QED) is 0.732. The maximum atomic E-state index is 12.1. The van der Waals surface area contributed by atoms with Crippen molar-refractivity contribution in [2.45, 2.75) is 6.92 Å². The molecule has 26 heavy (non-hydrogen) atoms. The number of nitrogens with zero attached hydrogens (tertiary/aromatic N) is 1. The van der Waals surface area contributed by atoms with Crippen LogP contribution in [0.3, 0.4) is 0 Å². The van der Waals surface area contributed by atoms with Crippen molar-refractivity contribution in [1.29, 1.82) is 0 Å². The summed E-state index contributed by atoms with van der Waals surface area (Å²) in [6.07, 6.45) is 1.08. The number of carbonyl (C=O) groups excluding carboxylic acids is 2. The molecule has 1 N–H and O–H groups in total. The van der Waals surface area contributed by atoms with E-state index in [0.29, 0.717) is 21.8 Å². The first-order valence-electron chi connectivity index (χ1n) is 7.81. The van der Waals surface area contributed by atoms with E-state index in [9.17, 15) is 18.0 Å². The zero-order valence-electron chi connectivity index (χ0n) is 14.4. The standard InChI is InChI=1S/C18H19ClN2O4S/c1-13(22)14-5-4-8-17(12-14)21(26(2,24)25)10-9-20-18(23)15-6-3-7-16(19)11-15/h3-8,11-12H,9-10H2,1-2H3,(H,20,23). The predicted octanol–water partition coefficient (Wildman–Crippen LogP) is 2.74. The molecule has 0 saturated carbocycles. The van der Waals surface area contributed by atoms with Crippen LogP contribution in [-0.2, 0) is 10.0 Å². The fourth-order valence-electron chi connectivity index (χ4n) is 2.37. The molecular formula is C18H19ClN2O4S. The van der Waals surface area contributed by atoms with Gasteiger partial charge in [0, 0.05) is 22.7 Å². The summed E-state index contributed by atoms with van der Waals surface area (Å²) in [5.41, 5.74) is 1.18. The molecule has 2 aromatic carbocycles. The van der Waals surface area contributed by atoms with Gasteiger partial charge in [-0.1, -0.05) is 29.8 Å². The van der Waals surface area contributed by atoms with E-state index in [1.165, 1.54) is 19.1 Å². The van der Waals surface area contributed by atoms with Gasteiger partial charge in [0.25, 0.3) is 5.91 Å². The van der Waals surface area contributed by atoms with Gasteiger partial charge in [-0.2, -0.15) is 0 Å². The molecule has 0 unspecified atom stereocenters. The van der Waals surface area contributed by atoms with Crippen LogP contribution >= 0.6 is 11.6 Å². The third-order valence-electron chi connectivity index (χ3n) is 3.63. The Hall–Kier alpha value is -2.38. The van der Waals surface area contributed by atoms with Crippen molar-refractivity contribution in [2.24, 2.45) is 0 Å². The Bertz CT molecular complexity index is 928. The molecule has 0 aliphatic heterocycles. The van der Waals surface area contributed by atoms with Crippen LogP contribution in [0.5, 0.6) is 0 Å². The molecule has 0 aromatic heterocycles. The predicted molar refractivity (Wildman–Crippen MR) is 102 cm³/mol. The van der Waals surface area contributed by atoms with E-state index in [4.69, 9.17) is 11.6 Å². The number of amides is 1. The van der Waals surface area contributed by atoms with Crippen LogP contribution in [0.4, 0.5) is 5.69 Å². The SMILES string of the molecule is CC(=O)c1cccc(N(CCNC(=O)c2cccc(Cl)c2)S(C)(=O)=O)c1. The van der Waals surface area contributed by atoms with Crippen LogP contribution in [0, 0.1) is 0 Å². The van der Waals surface area contributed by atoms with Gasteiger partial charge in [-0.3, -0.25) is 13.9 Å². The minimum absolute atomic E-state index is 0.0342. The summed E-state index contributed by atoms with van der Waals surface area (Å²) in [4.78, 5) is 23.6. The molecule has 0 aliphatic rings. The molecule has 0 spiro atoms. The first-order valence-corrected chi connectivity index (χ1v) is 10.0. The highest BCUT2D eigenvalue weighted by Gasteiger charge is 2.18. The van der Waals surface area contributed by atoms with Gasteiger partial charge in [0.1, 0.15) is 0 Å². The van der Waals surface area contributed by atoms with Gasteiger partial charge in [0.2, 0.25) is 10.0 Å². The van der Waals surface area contributed by atoms with E-state index < -0.39 is 10.0 Å². The molecule has 0 aliphatic carbocycles. The van der Waals surface area contributed by atoms with Crippen LogP contribution in [0.2, 0.25) is 5.02 Å². The number of rotatable bonds is 7. The fourth-order valence-corrected chi connectivity index (χ4v) is 3.48. The topological polar surface area (TPSA) is 83.6 Å². The minimum atomic E-state index is -3.58. The zero-order chi connectivity index (χ0) is 19.3. The number of halogens is 1. The average molecular weight is 395 g/mol. The lowest BCUT2D eigenvalue weighted by Gasteiger charge is -2.23. The molecule has 0 bridgehead atoms. The van der Waals surface area contributed by atoms with E-state index >= 15 is 0 Å². The maximum Gasteiger partial charge on any atom is 0.251 e. The number of ketones is 1. The molecular weight excluding hydrogens is 376 g/mol. The van der Waals surface area contributed by atoms with Crippen molar-refractivity contribution in [2.75, 3.05) is 23.7 Å². The van der Waals surface area contributed by atoms with Gasteiger partial charge in [-0.15, -0.1) is 0 Å². The van der Waals surface area contributed by atoms with E-state index in [-0.39, 0.29) is 24.8 Å². The first-order chi connectivity index (χ1) is 12.2. The Morgan fingerprint density at radius 2 is 1.73 bits per heavy atom. The second-order valence-electron chi connectivity index (χ2n) is 5.71. The van der Waals surface area contributed by atoms with E-state index in [1.54, 1.807) is 36.4 Å². The second-order valence-corrected chi connectivity index (χ2v) is 8.05. The lowest BCUT2D eigenvalue weighted by Crippen LogP contribution is -2.38. The van der Waals surface area contributed by atoms with Crippen molar-refractivity contribution in [3.8, 4) is 0 Å². The molecule has 0 saturated heterocycles. The van der Waals surface area contributed by atoms with Gasteiger partial charge in [-0.25, -0.2) is 8.42 Å². The number of carbonyl (C=O) groups is 2. The molecule has 138 valence electrons.